The Bertz CT molecular complexity index is 971. The lowest BCUT2D eigenvalue weighted by Crippen LogP contribution is -2.15. The van der Waals surface area contributed by atoms with Gasteiger partial charge in [-0.15, -0.1) is 0 Å². The molecule has 0 aliphatic carbocycles. The van der Waals surface area contributed by atoms with E-state index in [0.717, 1.165) is 11.1 Å². The Morgan fingerprint density at radius 2 is 1.83 bits per heavy atom. The number of anilines is 1. The molecule has 1 amide bonds. The number of amides is 1. The second kappa shape index (κ2) is 9.73. The molecule has 2 aromatic carbocycles. The van der Waals surface area contributed by atoms with E-state index >= 15 is 0 Å². The van der Waals surface area contributed by atoms with Crippen molar-refractivity contribution < 1.29 is 18.7 Å². The quantitative estimate of drug-likeness (QED) is 0.592. The molecule has 3 rings (SSSR count). The van der Waals surface area contributed by atoms with Crippen LogP contribution in [-0.2, 0) is 17.8 Å². The predicted octanol–water partition coefficient (Wildman–Crippen LogP) is 4.05. The first-order valence-electron chi connectivity index (χ1n) is 9.53. The molecule has 0 spiro atoms. The van der Waals surface area contributed by atoms with Crippen LogP contribution in [-0.4, -0.2) is 28.9 Å². The number of aromatic nitrogens is 2. The van der Waals surface area contributed by atoms with E-state index in [2.05, 4.69) is 10.4 Å². The van der Waals surface area contributed by atoms with Crippen molar-refractivity contribution in [2.24, 2.45) is 0 Å². The number of nitrogens with one attached hydrogen (secondary N) is 1. The van der Waals surface area contributed by atoms with Crippen LogP contribution in [0.15, 0.2) is 54.7 Å². The Morgan fingerprint density at radius 1 is 1.03 bits per heavy atom. The van der Waals surface area contributed by atoms with Gasteiger partial charge in [-0.3, -0.25) is 9.48 Å². The van der Waals surface area contributed by atoms with Crippen LogP contribution in [0.25, 0.3) is 0 Å². The summed E-state index contributed by atoms with van der Waals surface area (Å²) in [5.41, 5.74) is 1.61. The highest BCUT2D eigenvalue weighted by Crippen LogP contribution is 2.28. The lowest BCUT2D eigenvalue weighted by atomic mass is 10.1. The van der Waals surface area contributed by atoms with E-state index in [0.29, 0.717) is 37.1 Å². The first-order valence-corrected chi connectivity index (χ1v) is 9.53. The van der Waals surface area contributed by atoms with Crippen molar-refractivity contribution in [3.63, 3.8) is 0 Å². The van der Waals surface area contributed by atoms with Gasteiger partial charge in [0.1, 0.15) is 5.82 Å². The summed E-state index contributed by atoms with van der Waals surface area (Å²) in [6.45, 7) is 5.28. The number of nitrogens with zero attached hydrogens (tertiary/aromatic N) is 2. The van der Waals surface area contributed by atoms with Gasteiger partial charge in [-0.05, 0) is 49.2 Å². The number of halogens is 1. The highest BCUT2D eigenvalue weighted by atomic mass is 19.1. The van der Waals surface area contributed by atoms with E-state index in [1.165, 1.54) is 12.1 Å². The van der Waals surface area contributed by atoms with Gasteiger partial charge in [0, 0.05) is 12.3 Å². The molecule has 0 saturated carbocycles. The molecule has 0 saturated heterocycles. The van der Waals surface area contributed by atoms with Crippen LogP contribution in [0.3, 0.4) is 0 Å². The number of carbonyl (C=O) groups is 1. The minimum Gasteiger partial charge on any atom is -0.490 e. The molecule has 7 heteroatoms. The summed E-state index contributed by atoms with van der Waals surface area (Å²) in [4.78, 5) is 12.4. The zero-order chi connectivity index (χ0) is 20.6. The monoisotopic (exact) mass is 397 g/mol. The second-order valence-corrected chi connectivity index (χ2v) is 6.40. The van der Waals surface area contributed by atoms with Crippen LogP contribution in [0, 0.1) is 5.82 Å². The summed E-state index contributed by atoms with van der Waals surface area (Å²) < 4.78 is 26.1. The van der Waals surface area contributed by atoms with Gasteiger partial charge in [-0.2, -0.15) is 5.10 Å². The highest BCUT2D eigenvalue weighted by molar-refractivity contribution is 5.91. The van der Waals surface area contributed by atoms with Crippen molar-refractivity contribution >= 4 is 11.7 Å². The van der Waals surface area contributed by atoms with Crippen molar-refractivity contribution in [1.29, 1.82) is 0 Å². The first kappa shape index (κ1) is 20.4. The minimum absolute atomic E-state index is 0.184. The number of ether oxygens (including phenoxy) is 2. The molecule has 0 bridgehead atoms. The van der Waals surface area contributed by atoms with Gasteiger partial charge in [-0.1, -0.05) is 18.2 Å². The molecule has 0 unspecified atom stereocenters. The van der Waals surface area contributed by atoms with Crippen LogP contribution in [0.2, 0.25) is 0 Å². The van der Waals surface area contributed by atoms with Crippen molar-refractivity contribution in [2.75, 3.05) is 18.5 Å². The average Bonchev–Trinajstić information content (AvgIpc) is 3.10. The van der Waals surface area contributed by atoms with Crippen LogP contribution in [0.5, 0.6) is 11.5 Å². The van der Waals surface area contributed by atoms with E-state index < -0.39 is 0 Å². The van der Waals surface area contributed by atoms with Gasteiger partial charge in [0.15, 0.2) is 17.3 Å². The van der Waals surface area contributed by atoms with Crippen molar-refractivity contribution in [3.05, 3.63) is 71.7 Å². The van der Waals surface area contributed by atoms with Gasteiger partial charge in [-0.25, -0.2) is 4.39 Å². The Balaban J connectivity index is 1.61. The van der Waals surface area contributed by atoms with Crippen molar-refractivity contribution in [1.82, 2.24) is 9.78 Å². The number of hydrogen-bond acceptors (Lipinski definition) is 4. The molecule has 0 aliphatic heterocycles. The lowest BCUT2D eigenvalue weighted by molar-refractivity contribution is -0.115. The van der Waals surface area contributed by atoms with Gasteiger partial charge < -0.3 is 14.8 Å². The molecule has 1 N–H and O–H groups in total. The van der Waals surface area contributed by atoms with E-state index in [1.54, 1.807) is 23.0 Å². The maximum atomic E-state index is 13.3. The molecule has 0 atom stereocenters. The molecule has 0 fully saturated rings. The maximum Gasteiger partial charge on any atom is 0.229 e. The first-order chi connectivity index (χ1) is 14.1. The van der Waals surface area contributed by atoms with E-state index in [-0.39, 0.29) is 18.1 Å². The Hall–Kier alpha value is -3.35. The summed E-state index contributed by atoms with van der Waals surface area (Å²) in [5.74, 6) is 1.26. The van der Waals surface area contributed by atoms with Gasteiger partial charge in [0.25, 0.3) is 0 Å². The number of carbonyl (C=O) groups excluding carboxylic acids is 1. The molecular weight excluding hydrogens is 373 g/mol. The molecule has 152 valence electrons. The third-order valence-corrected chi connectivity index (χ3v) is 4.11. The second-order valence-electron chi connectivity index (χ2n) is 6.40. The SMILES string of the molecule is CCOc1ccc(CC(=O)Nc2ccn(Cc3cccc(F)c3)n2)cc1OCC. The highest BCUT2D eigenvalue weighted by Gasteiger charge is 2.11. The molecule has 3 aromatic rings. The third-order valence-electron chi connectivity index (χ3n) is 4.11. The standard InChI is InChI=1S/C22H24FN3O3/c1-3-28-19-9-8-16(13-20(19)29-4-2)14-22(27)24-21-10-11-26(25-21)15-17-6-5-7-18(23)12-17/h5-13H,3-4,14-15H2,1-2H3,(H,24,25,27). The molecule has 29 heavy (non-hydrogen) atoms. The number of rotatable bonds is 9. The van der Waals surface area contributed by atoms with Crippen LogP contribution in [0.1, 0.15) is 25.0 Å². The Kier molecular flexibility index (Phi) is 6.84. The Labute approximate surface area is 169 Å². The number of benzene rings is 2. The normalized spacial score (nSPS) is 10.6. The molecule has 0 aliphatic rings. The lowest BCUT2D eigenvalue weighted by Gasteiger charge is -2.12. The summed E-state index contributed by atoms with van der Waals surface area (Å²) in [6.07, 6.45) is 1.92. The summed E-state index contributed by atoms with van der Waals surface area (Å²) >= 11 is 0. The van der Waals surface area contributed by atoms with E-state index in [4.69, 9.17) is 9.47 Å². The minimum atomic E-state index is -0.287. The zero-order valence-corrected chi connectivity index (χ0v) is 16.5. The van der Waals surface area contributed by atoms with E-state index in [1.807, 2.05) is 38.1 Å². The molecule has 0 radical (unpaired) electrons. The van der Waals surface area contributed by atoms with Crippen LogP contribution >= 0.6 is 0 Å². The van der Waals surface area contributed by atoms with E-state index in [9.17, 15) is 9.18 Å². The fraction of sp³-hybridized carbons (Fsp3) is 0.273. The van der Waals surface area contributed by atoms with Crippen molar-refractivity contribution in [3.8, 4) is 11.5 Å². The molecule has 1 heterocycles. The molecule has 6 nitrogen and oxygen atoms in total. The topological polar surface area (TPSA) is 65.4 Å². The van der Waals surface area contributed by atoms with Gasteiger partial charge >= 0.3 is 0 Å². The van der Waals surface area contributed by atoms with Gasteiger partial charge in [0.2, 0.25) is 5.91 Å². The molecular formula is C22H24FN3O3. The third kappa shape index (κ3) is 5.81. The smallest absolute Gasteiger partial charge is 0.229 e. The van der Waals surface area contributed by atoms with Crippen LogP contribution in [0.4, 0.5) is 10.2 Å². The fourth-order valence-electron chi connectivity index (χ4n) is 2.92. The summed E-state index contributed by atoms with van der Waals surface area (Å²) in [6, 6.07) is 13.5. The average molecular weight is 397 g/mol. The summed E-state index contributed by atoms with van der Waals surface area (Å²) in [7, 11) is 0. The fourth-order valence-corrected chi connectivity index (χ4v) is 2.92. The van der Waals surface area contributed by atoms with Crippen molar-refractivity contribution in [2.45, 2.75) is 26.8 Å². The predicted molar refractivity (Wildman–Crippen MR) is 109 cm³/mol. The summed E-state index contributed by atoms with van der Waals surface area (Å²) in [5, 5.41) is 7.10. The van der Waals surface area contributed by atoms with Crippen LogP contribution < -0.4 is 14.8 Å². The maximum absolute atomic E-state index is 13.3. The number of hydrogen-bond donors (Lipinski definition) is 1. The molecule has 1 aromatic heterocycles. The largest absolute Gasteiger partial charge is 0.490 e. The zero-order valence-electron chi connectivity index (χ0n) is 16.5. The van der Waals surface area contributed by atoms with Gasteiger partial charge in [0.05, 0.1) is 26.2 Å². The Morgan fingerprint density at radius 3 is 2.59 bits per heavy atom.